The Hall–Kier alpha value is -2.82. The number of carbonyl (C=O) groups excluding carboxylic acids is 2. The molecule has 1 unspecified atom stereocenters. The zero-order valence-electron chi connectivity index (χ0n) is 16.9. The first-order valence-corrected chi connectivity index (χ1v) is 9.81. The van der Waals surface area contributed by atoms with Gasteiger partial charge in [0.1, 0.15) is 5.75 Å². The van der Waals surface area contributed by atoms with E-state index in [1.807, 2.05) is 31.2 Å². The third-order valence-electron chi connectivity index (χ3n) is 4.29. The predicted octanol–water partition coefficient (Wildman–Crippen LogP) is 5.14. The minimum atomic E-state index is -0.644. The number of esters is 1. The van der Waals surface area contributed by atoms with Crippen molar-refractivity contribution in [3.05, 3.63) is 59.7 Å². The van der Waals surface area contributed by atoms with Crippen LogP contribution in [-0.4, -0.2) is 24.6 Å². The molecule has 0 aliphatic rings. The molecule has 1 N–H and O–H groups in total. The van der Waals surface area contributed by atoms with Crippen molar-refractivity contribution in [1.29, 1.82) is 0 Å². The molecule has 2 aromatic carbocycles. The molecule has 1 atom stereocenters. The van der Waals surface area contributed by atoms with Crippen molar-refractivity contribution >= 4 is 17.6 Å². The van der Waals surface area contributed by atoms with E-state index in [9.17, 15) is 9.59 Å². The lowest BCUT2D eigenvalue weighted by atomic mass is 10.2. The number of unbranched alkanes of at least 4 members (excludes halogenated alkanes) is 3. The van der Waals surface area contributed by atoms with Crippen molar-refractivity contribution in [2.45, 2.75) is 52.6 Å². The van der Waals surface area contributed by atoms with Gasteiger partial charge in [-0.25, -0.2) is 4.79 Å². The molecule has 0 saturated heterocycles. The summed E-state index contributed by atoms with van der Waals surface area (Å²) in [5.74, 6) is 0.0537. The second kappa shape index (κ2) is 11.1. The summed E-state index contributed by atoms with van der Waals surface area (Å²) >= 11 is 0. The Morgan fingerprint density at radius 3 is 2.46 bits per heavy atom. The number of nitrogens with one attached hydrogen (secondary N) is 1. The molecule has 0 radical (unpaired) electrons. The van der Waals surface area contributed by atoms with Gasteiger partial charge >= 0.3 is 5.97 Å². The summed E-state index contributed by atoms with van der Waals surface area (Å²) in [6.07, 6.45) is 3.60. The van der Waals surface area contributed by atoms with Crippen molar-refractivity contribution in [3.8, 4) is 5.75 Å². The standard InChI is InChI=1S/C23H29NO4/c1-4-5-6-7-15-27-23(26)19-11-13-20(14-12-19)24-22(25)18(3)28-21-10-8-9-17(2)16-21/h8-14,16,18H,4-7,15H2,1-3H3,(H,24,25). The van der Waals surface area contributed by atoms with E-state index in [1.165, 1.54) is 0 Å². The largest absolute Gasteiger partial charge is 0.481 e. The van der Waals surface area contributed by atoms with E-state index in [4.69, 9.17) is 9.47 Å². The molecule has 1 amide bonds. The normalized spacial score (nSPS) is 11.5. The first-order chi connectivity index (χ1) is 13.5. The van der Waals surface area contributed by atoms with Gasteiger partial charge in [0.25, 0.3) is 5.91 Å². The van der Waals surface area contributed by atoms with E-state index in [-0.39, 0.29) is 11.9 Å². The minimum absolute atomic E-state index is 0.257. The summed E-state index contributed by atoms with van der Waals surface area (Å²) in [5, 5.41) is 2.79. The lowest BCUT2D eigenvalue weighted by Crippen LogP contribution is -2.30. The van der Waals surface area contributed by atoms with E-state index in [2.05, 4.69) is 12.2 Å². The Bertz CT molecular complexity index is 770. The molecule has 5 heteroatoms. The number of rotatable bonds is 10. The van der Waals surface area contributed by atoms with E-state index in [0.29, 0.717) is 23.6 Å². The van der Waals surface area contributed by atoms with Crippen LogP contribution in [0.4, 0.5) is 5.69 Å². The van der Waals surface area contributed by atoms with Gasteiger partial charge in [0.2, 0.25) is 0 Å². The molecule has 28 heavy (non-hydrogen) atoms. The van der Waals surface area contributed by atoms with Crippen LogP contribution in [0.3, 0.4) is 0 Å². The molecule has 0 bridgehead atoms. The van der Waals surface area contributed by atoms with Crippen LogP contribution in [0.5, 0.6) is 5.75 Å². The van der Waals surface area contributed by atoms with E-state index < -0.39 is 6.10 Å². The van der Waals surface area contributed by atoms with Crippen LogP contribution in [0.1, 0.15) is 55.5 Å². The maximum atomic E-state index is 12.3. The molecule has 0 spiro atoms. The SMILES string of the molecule is CCCCCCOC(=O)c1ccc(NC(=O)C(C)Oc2cccc(C)c2)cc1. The van der Waals surface area contributed by atoms with Crippen LogP contribution >= 0.6 is 0 Å². The van der Waals surface area contributed by atoms with Gasteiger partial charge < -0.3 is 14.8 Å². The summed E-state index contributed by atoms with van der Waals surface area (Å²) in [6, 6.07) is 14.2. The van der Waals surface area contributed by atoms with Crippen molar-refractivity contribution in [1.82, 2.24) is 0 Å². The highest BCUT2D eigenvalue weighted by Gasteiger charge is 2.15. The van der Waals surface area contributed by atoms with Gasteiger partial charge in [-0.3, -0.25) is 4.79 Å². The van der Waals surface area contributed by atoms with Crippen LogP contribution in [0.15, 0.2) is 48.5 Å². The molecule has 2 aromatic rings. The van der Waals surface area contributed by atoms with Gasteiger partial charge in [0.15, 0.2) is 6.10 Å². The quantitative estimate of drug-likeness (QED) is 0.456. The van der Waals surface area contributed by atoms with Crippen LogP contribution < -0.4 is 10.1 Å². The summed E-state index contributed by atoms with van der Waals surface area (Å²) in [5.41, 5.74) is 2.14. The maximum Gasteiger partial charge on any atom is 0.338 e. The predicted molar refractivity (Wildman–Crippen MR) is 111 cm³/mol. The van der Waals surface area contributed by atoms with Crippen LogP contribution in [0.2, 0.25) is 0 Å². The number of hydrogen-bond acceptors (Lipinski definition) is 4. The second-order valence-electron chi connectivity index (χ2n) is 6.84. The fourth-order valence-corrected chi connectivity index (χ4v) is 2.66. The molecule has 150 valence electrons. The number of ether oxygens (including phenoxy) is 2. The Kier molecular flexibility index (Phi) is 8.53. The number of anilines is 1. The molecule has 0 fully saturated rings. The Morgan fingerprint density at radius 2 is 1.79 bits per heavy atom. The first kappa shape index (κ1) is 21.5. The van der Waals surface area contributed by atoms with Gasteiger partial charge in [-0.2, -0.15) is 0 Å². The van der Waals surface area contributed by atoms with Crippen LogP contribution in [-0.2, 0) is 9.53 Å². The van der Waals surface area contributed by atoms with Crippen molar-refractivity contribution in [3.63, 3.8) is 0 Å². The number of amides is 1. The van der Waals surface area contributed by atoms with Gasteiger partial charge in [-0.1, -0.05) is 38.3 Å². The third-order valence-corrected chi connectivity index (χ3v) is 4.29. The molecule has 5 nitrogen and oxygen atoms in total. The lowest BCUT2D eigenvalue weighted by Gasteiger charge is -2.15. The monoisotopic (exact) mass is 383 g/mol. The smallest absolute Gasteiger partial charge is 0.338 e. The topological polar surface area (TPSA) is 64.6 Å². The summed E-state index contributed by atoms with van der Waals surface area (Å²) < 4.78 is 10.9. The zero-order valence-corrected chi connectivity index (χ0v) is 16.9. The van der Waals surface area contributed by atoms with E-state index in [0.717, 1.165) is 31.2 Å². The molecular weight excluding hydrogens is 354 g/mol. The van der Waals surface area contributed by atoms with Crippen LogP contribution in [0.25, 0.3) is 0 Å². The molecule has 2 rings (SSSR count). The first-order valence-electron chi connectivity index (χ1n) is 9.81. The van der Waals surface area contributed by atoms with E-state index in [1.54, 1.807) is 31.2 Å². The maximum absolute atomic E-state index is 12.3. The molecular formula is C23H29NO4. The van der Waals surface area contributed by atoms with Gasteiger partial charge in [-0.05, 0) is 62.2 Å². The lowest BCUT2D eigenvalue weighted by molar-refractivity contribution is -0.122. The fraction of sp³-hybridized carbons (Fsp3) is 0.391. The Labute approximate surface area is 167 Å². The van der Waals surface area contributed by atoms with Gasteiger partial charge in [0, 0.05) is 5.69 Å². The molecule has 0 aliphatic heterocycles. The number of hydrogen-bond donors (Lipinski definition) is 1. The summed E-state index contributed by atoms with van der Waals surface area (Å²) in [7, 11) is 0. The molecule has 0 aromatic heterocycles. The highest BCUT2D eigenvalue weighted by Crippen LogP contribution is 2.16. The highest BCUT2D eigenvalue weighted by atomic mass is 16.5. The van der Waals surface area contributed by atoms with Crippen LogP contribution in [0, 0.1) is 6.92 Å². The zero-order chi connectivity index (χ0) is 20.4. The van der Waals surface area contributed by atoms with Gasteiger partial charge in [-0.15, -0.1) is 0 Å². The Morgan fingerprint density at radius 1 is 1.04 bits per heavy atom. The Balaban J connectivity index is 1.82. The second-order valence-corrected chi connectivity index (χ2v) is 6.84. The molecule has 0 heterocycles. The average Bonchev–Trinajstić information content (AvgIpc) is 2.68. The summed E-state index contributed by atoms with van der Waals surface area (Å²) in [4.78, 5) is 24.3. The van der Waals surface area contributed by atoms with Crippen molar-refractivity contribution in [2.75, 3.05) is 11.9 Å². The third kappa shape index (κ3) is 7.06. The van der Waals surface area contributed by atoms with Gasteiger partial charge in [0.05, 0.1) is 12.2 Å². The molecule has 0 aliphatic carbocycles. The van der Waals surface area contributed by atoms with Crippen molar-refractivity contribution in [2.24, 2.45) is 0 Å². The minimum Gasteiger partial charge on any atom is -0.481 e. The number of benzene rings is 2. The highest BCUT2D eigenvalue weighted by molar-refractivity contribution is 5.95. The average molecular weight is 383 g/mol. The van der Waals surface area contributed by atoms with Crippen molar-refractivity contribution < 1.29 is 19.1 Å². The number of aryl methyl sites for hydroxylation is 1. The molecule has 0 saturated carbocycles. The number of carbonyl (C=O) groups is 2. The summed E-state index contributed by atoms with van der Waals surface area (Å²) in [6.45, 7) is 6.24. The van der Waals surface area contributed by atoms with E-state index >= 15 is 0 Å². The fourth-order valence-electron chi connectivity index (χ4n) is 2.66.